The third-order valence-electron chi connectivity index (χ3n) is 5.06. The maximum absolute atomic E-state index is 12.9. The van der Waals surface area contributed by atoms with E-state index < -0.39 is 11.7 Å². The van der Waals surface area contributed by atoms with Gasteiger partial charge in [-0.2, -0.15) is 18.3 Å². The van der Waals surface area contributed by atoms with E-state index in [9.17, 15) is 18.0 Å². The molecule has 0 unspecified atom stereocenters. The van der Waals surface area contributed by atoms with Crippen molar-refractivity contribution in [1.29, 1.82) is 0 Å². The average Bonchev–Trinajstić information content (AvgIpc) is 3.21. The number of amides is 1. The summed E-state index contributed by atoms with van der Waals surface area (Å²) in [5, 5.41) is 4.28. The Labute approximate surface area is 181 Å². The maximum atomic E-state index is 12.9. The van der Waals surface area contributed by atoms with E-state index in [0.29, 0.717) is 27.9 Å². The third-order valence-corrected chi connectivity index (χ3v) is 5.80. The highest BCUT2D eigenvalue weighted by atomic mass is 32.2. The first-order valence-corrected chi connectivity index (χ1v) is 10.6. The van der Waals surface area contributed by atoms with E-state index in [1.54, 1.807) is 60.0 Å². The zero-order valence-electron chi connectivity index (χ0n) is 16.7. The van der Waals surface area contributed by atoms with Gasteiger partial charge in [-0.1, -0.05) is 12.1 Å². The van der Waals surface area contributed by atoms with Crippen LogP contribution < -0.4 is 4.90 Å². The van der Waals surface area contributed by atoms with Crippen molar-refractivity contribution in [2.75, 3.05) is 18.2 Å². The van der Waals surface area contributed by atoms with Crippen LogP contribution in [0.4, 0.5) is 18.9 Å². The number of thioether (sulfide) groups is 1. The van der Waals surface area contributed by atoms with Crippen molar-refractivity contribution in [2.24, 2.45) is 0 Å². The second-order valence-corrected chi connectivity index (χ2v) is 7.82. The molecule has 0 N–H and O–H groups in total. The average molecular weight is 441 g/mol. The van der Waals surface area contributed by atoms with Crippen LogP contribution in [0.1, 0.15) is 15.9 Å². The number of rotatable bonds is 4. The number of carbonyl (C=O) groups is 1. The summed E-state index contributed by atoms with van der Waals surface area (Å²) in [6, 6.07) is 15.9. The van der Waals surface area contributed by atoms with Gasteiger partial charge in [0.25, 0.3) is 5.91 Å². The molecule has 2 aromatic carbocycles. The van der Waals surface area contributed by atoms with Gasteiger partial charge >= 0.3 is 6.18 Å². The minimum Gasteiger partial charge on any atom is -0.311 e. The van der Waals surface area contributed by atoms with Crippen molar-refractivity contribution >= 4 is 28.9 Å². The van der Waals surface area contributed by atoms with Gasteiger partial charge in [-0.25, -0.2) is 4.52 Å². The van der Waals surface area contributed by atoms with Crippen LogP contribution in [0.3, 0.4) is 0 Å². The van der Waals surface area contributed by atoms with Crippen molar-refractivity contribution in [3.05, 3.63) is 84.2 Å². The van der Waals surface area contributed by atoms with Crippen LogP contribution >= 0.6 is 11.8 Å². The lowest BCUT2D eigenvalue weighted by molar-refractivity contribution is -0.137. The van der Waals surface area contributed by atoms with Crippen LogP contribution in [0, 0.1) is 0 Å². The number of pyridine rings is 1. The predicted molar refractivity (Wildman–Crippen MR) is 117 cm³/mol. The topological polar surface area (TPSA) is 37.6 Å². The first-order chi connectivity index (χ1) is 14.8. The highest BCUT2D eigenvalue weighted by molar-refractivity contribution is 7.98. The first kappa shape index (κ1) is 21.0. The molecule has 4 nitrogen and oxygen atoms in total. The molecule has 0 atom stereocenters. The number of anilines is 1. The van der Waals surface area contributed by atoms with E-state index in [1.165, 1.54) is 17.0 Å². The molecule has 0 radical (unpaired) electrons. The van der Waals surface area contributed by atoms with Gasteiger partial charge in [-0.3, -0.25) is 4.79 Å². The molecule has 0 bridgehead atoms. The second kappa shape index (κ2) is 8.11. The fraction of sp³-hybridized carbons (Fsp3) is 0.130. The van der Waals surface area contributed by atoms with Gasteiger partial charge in [0, 0.05) is 35.0 Å². The lowest BCUT2D eigenvalue weighted by Crippen LogP contribution is -2.26. The van der Waals surface area contributed by atoms with Crippen molar-refractivity contribution in [3.63, 3.8) is 0 Å². The number of nitrogens with zero attached hydrogens (tertiary/aromatic N) is 3. The Balaban J connectivity index is 1.66. The lowest BCUT2D eigenvalue weighted by atomic mass is 10.0. The monoisotopic (exact) mass is 441 g/mol. The lowest BCUT2D eigenvalue weighted by Gasteiger charge is -2.18. The standard InChI is InChI=1S/C23H18F3N3OS/c1-28(22(30)16-5-9-19(31-2)10-6-16)18-11-12-29-21(13-18)20(14-27-29)15-3-7-17(8-4-15)23(24,25)26/h3-14H,1-2H3. The molecule has 0 saturated heterocycles. The molecule has 0 aliphatic heterocycles. The quantitative estimate of drug-likeness (QED) is 0.364. The molecule has 0 saturated carbocycles. The Morgan fingerprint density at radius 3 is 2.32 bits per heavy atom. The Morgan fingerprint density at radius 2 is 1.71 bits per heavy atom. The number of carbonyl (C=O) groups excluding carboxylic acids is 1. The van der Waals surface area contributed by atoms with Crippen LogP contribution in [0.25, 0.3) is 16.6 Å². The molecule has 31 heavy (non-hydrogen) atoms. The molecule has 0 spiro atoms. The van der Waals surface area contributed by atoms with Crippen molar-refractivity contribution in [2.45, 2.75) is 11.1 Å². The largest absolute Gasteiger partial charge is 0.416 e. The number of hydrogen-bond acceptors (Lipinski definition) is 3. The fourth-order valence-corrected chi connectivity index (χ4v) is 3.69. The molecule has 8 heteroatoms. The second-order valence-electron chi connectivity index (χ2n) is 6.94. The smallest absolute Gasteiger partial charge is 0.311 e. The van der Waals surface area contributed by atoms with Crippen molar-refractivity contribution in [1.82, 2.24) is 9.61 Å². The summed E-state index contributed by atoms with van der Waals surface area (Å²) in [6.07, 6.45) is 0.908. The molecule has 0 aliphatic rings. The minimum absolute atomic E-state index is 0.160. The Bertz CT molecular complexity index is 1230. The summed E-state index contributed by atoms with van der Waals surface area (Å²) < 4.78 is 40.2. The molecule has 2 heterocycles. The predicted octanol–water partition coefficient (Wildman–Crippen LogP) is 6.02. The van der Waals surface area contributed by atoms with Crippen LogP contribution in [0.5, 0.6) is 0 Å². The third kappa shape index (κ3) is 4.16. The SMILES string of the molecule is CSc1ccc(C(=O)N(C)c2ccn3ncc(-c4ccc(C(F)(F)F)cc4)c3c2)cc1. The van der Waals surface area contributed by atoms with Gasteiger partial charge in [-0.05, 0) is 60.4 Å². The summed E-state index contributed by atoms with van der Waals surface area (Å²) in [4.78, 5) is 15.5. The summed E-state index contributed by atoms with van der Waals surface area (Å²) in [5.41, 5.74) is 2.50. The highest BCUT2D eigenvalue weighted by Crippen LogP contribution is 2.33. The van der Waals surface area contributed by atoms with E-state index >= 15 is 0 Å². The minimum atomic E-state index is -4.39. The number of halogens is 3. The number of fused-ring (bicyclic) bond motifs is 1. The van der Waals surface area contributed by atoms with Crippen molar-refractivity contribution < 1.29 is 18.0 Å². The van der Waals surface area contributed by atoms with E-state index in [2.05, 4.69) is 5.10 Å². The van der Waals surface area contributed by atoms with Crippen molar-refractivity contribution in [3.8, 4) is 11.1 Å². The van der Waals surface area contributed by atoms with Gasteiger partial charge in [0.05, 0.1) is 17.3 Å². The maximum Gasteiger partial charge on any atom is 0.416 e. The normalized spacial score (nSPS) is 11.6. The molecular formula is C23H18F3N3OS. The summed E-state index contributed by atoms with van der Waals surface area (Å²) in [6.45, 7) is 0. The van der Waals surface area contributed by atoms with Crippen LogP contribution in [-0.2, 0) is 6.18 Å². The van der Waals surface area contributed by atoms with Gasteiger partial charge in [0.15, 0.2) is 0 Å². The molecular weight excluding hydrogens is 423 g/mol. The zero-order valence-corrected chi connectivity index (χ0v) is 17.5. The summed E-state index contributed by atoms with van der Waals surface area (Å²) >= 11 is 1.60. The molecule has 1 amide bonds. The van der Waals surface area contributed by atoms with Gasteiger partial charge in [0.2, 0.25) is 0 Å². The highest BCUT2D eigenvalue weighted by Gasteiger charge is 2.30. The molecule has 2 aromatic heterocycles. The first-order valence-electron chi connectivity index (χ1n) is 9.35. The number of hydrogen-bond donors (Lipinski definition) is 0. The van der Waals surface area contributed by atoms with Crippen LogP contribution in [0.2, 0.25) is 0 Å². The molecule has 4 rings (SSSR count). The summed E-state index contributed by atoms with van der Waals surface area (Å²) in [5.74, 6) is -0.160. The number of alkyl halides is 3. The zero-order chi connectivity index (χ0) is 22.2. The number of benzene rings is 2. The van der Waals surface area contributed by atoms with E-state index in [4.69, 9.17) is 0 Å². The molecule has 0 fully saturated rings. The summed E-state index contributed by atoms with van der Waals surface area (Å²) in [7, 11) is 1.69. The van der Waals surface area contributed by atoms with Gasteiger partial charge in [0.1, 0.15) is 0 Å². The Hall–Kier alpha value is -3.26. The molecule has 4 aromatic rings. The van der Waals surface area contributed by atoms with Crippen LogP contribution in [-0.4, -0.2) is 28.8 Å². The van der Waals surface area contributed by atoms with Gasteiger partial charge in [-0.15, -0.1) is 11.8 Å². The Kier molecular flexibility index (Phi) is 5.49. The Morgan fingerprint density at radius 1 is 1.03 bits per heavy atom. The van der Waals surface area contributed by atoms with Gasteiger partial charge < -0.3 is 4.90 Å². The molecule has 158 valence electrons. The fourth-order valence-electron chi connectivity index (χ4n) is 3.28. The van der Waals surface area contributed by atoms with E-state index in [0.717, 1.165) is 17.0 Å². The number of aromatic nitrogens is 2. The van der Waals surface area contributed by atoms with E-state index in [-0.39, 0.29) is 5.91 Å². The van der Waals surface area contributed by atoms with E-state index in [1.807, 2.05) is 18.4 Å². The van der Waals surface area contributed by atoms with Crippen LogP contribution in [0.15, 0.2) is 78.0 Å². The molecule has 0 aliphatic carbocycles.